The first-order chi connectivity index (χ1) is 10.2. The van der Waals surface area contributed by atoms with E-state index in [0.29, 0.717) is 12.0 Å². The first-order valence-electron chi connectivity index (χ1n) is 8.70. The molecule has 1 aromatic rings. The van der Waals surface area contributed by atoms with Crippen LogP contribution in [0.1, 0.15) is 52.4 Å². The van der Waals surface area contributed by atoms with Crippen molar-refractivity contribution in [3.63, 3.8) is 0 Å². The Morgan fingerprint density at radius 1 is 1.14 bits per heavy atom. The molecule has 0 spiro atoms. The van der Waals surface area contributed by atoms with E-state index in [1.165, 1.54) is 44.2 Å². The van der Waals surface area contributed by atoms with Gasteiger partial charge in [0.05, 0.1) is 6.61 Å². The molecule has 21 heavy (non-hydrogen) atoms. The van der Waals surface area contributed by atoms with Crippen molar-refractivity contribution < 1.29 is 4.74 Å². The number of rotatable bonds is 6. The van der Waals surface area contributed by atoms with Crippen molar-refractivity contribution >= 4 is 5.69 Å². The van der Waals surface area contributed by atoms with Gasteiger partial charge in [0.2, 0.25) is 0 Å². The predicted octanol–water partition coefficient (Wildman–Crippen LogP) is 5.10. The Kier molecular flexibility index (Phi) is 4.72. The van der Waals surface area contributed by atoms with E-state index in [0.717, 1.165) is 24.2 Å². The quantitative estimate of drug-likeness (QED) is 0.785. The lowest BCUT2D eigenvalue weighted by Crippen LogP contribution is -2.28. The van der Waals surface area contributed by atoms with Gasteiger partial charge in [-0.25, -0.2) is 0 Å². The molecule has 2 fully saturated rings. The van der Waals surface area contributed by atoms with E-state index >= 15 is 0 Å². The van der Waals surface area contributed by atoms with Gasteiger partial charge in [-0.2, -0.15) is 0 Å². The molecule has 3 rings (SSSR count). The van der Waals surface area contributed by atoms with Gasteiger partial charge in [-0.3, -0.25) is 0 Å². The minimum atomic E-state index is 0.569. The third-order valence-corrected chi connectivity index (χ3v) is 4.79. The lowest BCUT2D eigenvalue weighted by molar-refractivity contribution is 0.271. The molecule has 2 saturated carbocycles. The Balaban J connectivity index is 1.55. The van der Waals surface area contributed by atoms with Crippen LogP contribution in [-0.2, 0) is 0 Å². The Labute approximate surface area is 129 Å². The zero-order valence-corrected chi connectivity index (χ0v) is 13.5. The smallest absolute Gasteiger partial charge is 0.121 e. The summed E-state index contributed by atoms with van der Waals surface area (Å²) >= 11 is 0. The molecule has 116 valence electrons. The molecule has 0 saturated heterocycles. The van der Waals surface area contributed by atoms with Crippen LogP contribution in [0.15, 0.2) is 24.3 Å². The van der Waals surface area contributed by atoms with Crippen LogP contribution < -0.4 is 10.1 Å². The van der Waals surface area contributed by atoms with E-state index in [2.05, 4.69) is 43.4 Å². The fraction of sp³-hybridized carbons (Fsp3) is 0.684. The van der Waals surface area contributed by atoms with Crippen molar-refractivity contribution in [2.75, 3.05) is 11.9 Å². The minimum absolute atomic E-state index is 0.569. The largest absolute Gasteiger partial charge is 0.493 e. The maximum Gasteiger partial charge on any atom is 0.121 e. The van der Waals surface area contributed by atoms with Crippen molar-refractivity contribution in [3.05, 3.63) is 24.3 Å². The van der Waals surface area contributed by atoms with Crippen LogP contribution in [0.3, 0.4) is 0 Å². The molecule has 2 nitrogen and oxygen atoms in total. The molecule has 0 bridgehead atoms. The van der Waals surface area contributed by atoms with E-state index in [9.17, 15) is 0 Å². The fourth-order valence-corrected chi connectivity index (χ4v) is 3.53. The van der Waals surface area contributed by atoms with Gasteiger partial charge in [-0.05, 0) is 55.6 Å². The topological polar surface area (TPSA) is 21.3 Å². The van der Waals surface area contributed by atoms with E-state index in [1.54, 1.807) is 0 Å². The highest BCUT2D eigenvalue weighted by Gasteiger charge is 2.34. The minimum Gasteiger partial charge on any atom is -0.493 e. The van der Waals surface area contributed by atoms with Crippen LogP contribution in [-0.4, -0.2) is 12.6 Å². The highest BCUT2D eigenvalue weighted by Crippen LogP contribution is 2.44. The molecule has 0 heterocycles. The zero-order chi connectivity index (χ0) is 14.7. The van der Waals surface area contributed by atoms with E-state index in [-0.39, 0.29) is 0 Å². The summed E-state index contributed by atoms with van der Waals surface area (Å²) in [6.45, 7) is 5.15. The monoisotopic (exact) mass is 287 g/mol. The van der Waals surface area contributed by atoms with Crippen LogP contribution in [0.5, 0.6) is 5.75 Å². The molecule has 0 aromatic heterocycles. The zero-order valence-electron chi connectivity index (χ0n) is 13.5. The highest BCUT2D eigenvalue weighted by atomic mass is 16.5. The lowest BCUT2D eigenvalue weighted by Gasteiger charge is -2.30. The van der Waals surface area contributed by atoms with Crippen LogP contribution >= 0.6 is 0 Å². The summed E-state index contributed by atoms with van der Waals surface area (Å²) in [7, 11) is 0. The lowest BCUT2D eigenvalue weighted by atomic mass is 9.82. The van der Waals surface area contributed by atoms with Crippen LogP contribution in [0.25, 0.3) is 0 Å². The molecule has 0 aliphatic heterocycles. The Bertz CT molecular complexity index is 453. The second-order valence-electron chi connectivity index (χ2n) is 7.34. The molecule has 1 aromatic carbocycles. The first-order valence-corrected chi connectivity index (χ1v) is 8.70. The normalized spacial score (nSPS) is 25.9. The predicted molar refractivity (Wildman–Crippen MR) is 88.9 cm³/mol. The average Bonchev–Trinajstić information content (AvgIpc) is 3.30. The van der Waals surface area contributed by atoms with Gasteiger partial charge in [0.15, 0.2) is 0 Å². The number of nitrogens with one attached hydrogen (secondary N) is 1. The van der Waals surface area contributed by atoms with Crippen molar-refractivity contribution in [2.45, 2.75) is 58.4 Å². The van der Waals surface area contributed by atoms with Crippen molar-refractivity contribution in [3.8, 4) is 5.75 Å². The number of hydrogen-bond acceptors (Lipinski definition) is 2. The molecular formula is C19H29NO. The van der Waals surface area contributed by atoms with Gasteiger partial charge in [0, 0.05) is 17.8 Å². The Hall–Kier alpha value is -1.18. The standard InChI is InChI=1S/C19H29NO/c1-14(2)13-21-19-8-4-7-18(12-19)20-17-6-3-5-16(11-17)15-9-10-15/h4,7-8,12,14-17,20H,3,5-6,9-11,13H2,1-2H3. The van der Waals surface area contributed by atoms with Crippen molar-refractivity contribution in [2.24, 2.45) is 17.8 Å². The molecule has 2 aliphatic carbocycles. The summed E-state index contributed by atoms with van der Waals surface area (Å²) in [4.78, 5) is 0. The molecule has 2 heteroatoms. The first kappa shape index (κ1) is 14.7. The van der Waals surface area contributed by atoms with Gasteiger partial charge in [0.25, 0.3) is 0 Å². The van der Waals surface area contributed by atoms with Gasteiger partial charge in [-0.15, -0.1) is 0 Å². The molecule has 2 atom stereocenters. The second kappa shape index (κ2) is 6.72. The summed E-state index contributed by atoms with van der Waals surface area (Å²) in [6, 6.07) is 9.14. The highest BCUT2D eigenvalue weighted by molar-refractivity contribution is 5.49. The molecule has 0 radical (unpaired) electrons. The third-order valence-electron chi connectivity index (χ3n) is 4.79. The maximum atomic E-state index is 5.83. The summed E-state index contributed by atoms with van der Waals surface area (Å²) in [5.41, 5.74) is 1.22. The number of benzene rings is 1. The second-order valence-corrected chi connectivity index (χ2v) is 7.34. The van der Waals surface area contributed by atoms with Gasteiger partial charge < -0.3 is 10.1 Å². The fourth-order valence-electron chi connectivity index (χ4n) is 3.53. The van der Waals surface area contributed by atoms with E-state index in [1.807, 2.05) is 0 Å². The summed E-state index contributed by atoms with van der Waals surface area (Å²) < 4.78 is 5.83. The van der Waals surface area contributed by atoms with E-state index < -0.39 is 0 Å². The van der Waals surface area contributed by atoms with Crippen LogP contribution in [0.2, 0.25) is 0 Å². The number of anilines is 1. The van der Waals surface area contributed by atoms with Crippen molar-refractivity contribution in [1.29, 1.82) is 0 Å². The van der Waals surface area contributed by atoms with E-state index in [4.69, 9.17) is 4.74 Å². The Morgan fingerprint density at radius 2 is 2.00 bits per heavy atom. The Morgan fingerprint density at radius 3 is 2.76 bits per heavy atom. The molecule has 0 amide bonds. The van der Waals surface area contributed by atoms with Gasteiger partial charge >= 0.3 is 0 Å². The molecular weight excluding hydrogens is 258 g/mol. The maximum absolute atomic E-state index is 5.83. The van der Waals surface area contributed by atoms with Crippen molar-refractivity contribution in [1.82, 2.24) is 0 Å². The molecule has 2 unspecified atom stereocenters. The molecule has 2 aliphatic rings. The molecule has 1 N–H and O–H groups in total. The third kappa shape index (κ3) is 4.39. The van der Waals surface area contributed by atoms with Gasteiger partial charge in [-0.1, -0.05) is 32.8 Å². The summed E-state index contributed by atoms with van der Waals surface area (Å²) in [5.74, 6) is 3.59. The SMILES string of the molecule is CC(C)COc1cccc(NC2CCCC(C3CC3)C2)c1. The van der Waals surface area contributed by atoms with Crippen LogP contribution in [0, 0.1) is 17.8 Å². The summed E-state index contributed by atoms with van der Waals surface area (Å²) in [5, 5.41) is 3.74. The summed E-state index contributed by atoms with van der Waals surface area (Å²) in [6.07, 6.45) is 8.50. The average molecular weight is 287 g/mol. The van der Waals surface area contributed by atoms with Crippen LogP contribution in [0.4, 0.5) is 5.69 Å². The number of hydrogen-bond donors (Lipinski definition) is 1. The number of ether oxygens (including phenoxy) is 1. The van der Waals surface area contributed by atoms with Gasteiger partial charge in [0.1, 0.15) is 5.75 Å².